The van der Waals surface area contributed by atoms with Crippen molar-refractivity contribution in [3.05, 3.63) is 83.9 Å². The molecule has 0 aliphatic carbocycles. The molecule has 12 nitrogen and oxygen atoms in total. The van der Waals surface area contributed by atoms with Gasteiger partial charge in [0.05, 0.1) is 12.5 Å². The number of aliphatic hydroxyl groups excluding tert-OH is 1. The summed E-state index contributed by atoms with van der Waals surface area (Å²) < 4.78 is 15.9. The Hall–Kier alpha value is -4.71. The van der Waals surface area contributed by atoms with Crippen molar-refractivity contribution in [1.29, 1.82) is 0 Å². The predicted molar refractivity (Wildman–Crippen MR) is 154 cm³/mol. The molecule has 0 fully saturated rings. The lowest BCUT2D eigenvalue weighted by Gasteiger charge is -2.23. The second-order valence-corrected chi connectivity index (χ2v) is 10.0. The number of aliphatic hydroxyl groups is 1. The Morgan fingerprint density at radius 2 is 1.56 bits per heavy atom. The molecule has 230 valence electrons. The molecule has 1 heterocycles. The number of carbonyl (C=O) groups excluding carboxylic acids is 5. The first-order valence-corrected chi connectivity index (χ1v) is 13.9. The molecular weight excluding hydrogens is 558 g/mol. The van der Waals surface area contributed by atoms with Gasteiger partial charge in [0.15, 0.2) is 6.04 Å². The van der Waals surface area contributed by atoms with Crippen LogP contribution in [0.25, 0.3) is 0 Å². The zero-order valence-electron chi connectivity index (χ0n) is 23.9. The molecule has 1 aliphatic rings. The Bertz CT molecular complexity index is 1250. The molecule has 0 radical (unpaired) electrons. The van der Waals surface area contributed by atoms with Crippen LogP contribution in [0.3, 0.4) is 0 Å². The zero-order chi connectivity index (χ0) is 31.0. The SMILES string of the molecule is CC(CO)NC(=O)CC1CC=CCC(NC(=O)OCc2ccccc2)C(=O)OCC(C(=O)OCc2ccccc2)NC1=O. The summed E-state index contributed by atoms with van der Waals surface area (Å²) in [5.74, 6) is -3.65. The highest BCUT2D eigenvalue weighted by Crippen LogP contribution is 2.14. The van der Waals surface area contributed by atoms with E-state index in [4.69, 9.17) is 14.2 Å². The van der Waals surface area contributed by atoms with Crippen molar-refractivity contribution in [2.24, 2.45) is 5.92 Å². The lowest BCUT2D eigenvalue weighted by Crippen LogP contribution is -2.50. The van der Waals surface area contributed by atoms with Crippen LogP contribution in [-0.4, -0.2) is 66.3 Å². The van der Waals surface area contributed by atoms with Crippen LogP contribution in [0.2, 0.25) is 0 Å². The Balaban J connectivity index is 1.73. The van der Waals surface area contributed by atoms with Gasteiger partial charge in [-0.25, -0.2) is 14.4 Å². The van der Waals surface area contributed by atoms with Crippen LogP contribution in [0.15, 0.2) is 72.8 Å². The van der Waals surface area contributed by atoms with Gasteiger partial charge in [-0.3, -0.25) is 9.59 Å². The largest absolute Gasteiger partial charge is 0.461 e. The Labute approximate surface area is 249 Å². The summed E-state index contributed by atoms with van der Waals surface area (Å²) in [4.78, 5) is 64.1. The monoisotopic (exact) mass is 595 g/mol. The van der Waals surface area contributed by atoms with Gasteiger partial charge in [-0.05, 0) is 30.9 Å². The van der Waals surface area contributed by atoms with Gasteiger partial charge in [0.2, 0.25) is 11.8 Å². The van der Waals surface area contributed by atoms with E-state index in [1.807, 2.05) is 12.1 Å². The summed E-state index contributed by atoms with van der Waals surface area (Å²) in [7, 11) is 0. The number of hydrogen-bond acceptors (Lipinski definition) is 9. The number of benzene rings is 2. The van der Waals surface area contributed by atoms with Crippen LogP contribution in [-0.2, 0) is 46.6 Å². The van der Waals surface area contributed by atoms with Crippen LogP contribution in [0, 0.1) is 5.92 Å². The van der Waals surface area contributed by atoms with Crippen LogP contribution in [0.5, 0.6) is 0 Å². The molecule has 0 saturated carbocycles. The van der Waals surface area contributed by atoms with Gasteiger partial charge >= 0.3 is 18.0 Å². The Morgan fingerprint density at radius 1 is 0.953 bits per heavy atom. The maximum atomic E-state index is 13.2. The van der Waals surface area contributed by atoms with Crippen molar-refractivity contribution in [1.82, 2.24) is 16.0 Å². The van der Waals surface area contributed by atoms with E-state index in [0.29, 0.717) is 5.56 Å². The molecule has 3 amide bonds. The van der Waals surface area contributed by atoms with Gasteiger partial charge in [0, 0.05) is 12.5 Å². The Morgan fingerprint density at radius 3 is 2.19 bits per heavy atom. The smallest absolute Gasteiger partial charge is 0.408 e. The number of cyclic esters (lactones) is 1. The highest BCUT2D eigenvalue weighted by molar-refractivity contribution is 5.89. The maximum Gasteiger partial charge on any atom is 0.408 e. The van der Waals surface area contributed by atoms with Gasteiger partial charge < -0.3 is 35.3 Å². The molecule has 4 atom stereocenters. The molecule has 2 aromatic rings. The van der Waals surface area contributed by atoms with E-state index in [1.54, 1.807) is 67.6 Å². The number of esters is 2. The van der Waals surface area contributed by atoms with Gasteiger partial charge in [0.1, 0.15) is 25.9 Å². The highest BCUT2D eigenvalue weighted by atomic mass is 16.6. The van der Waals surface area contributed by atoms with E-state index in [9.17, 15) is 29.1 Å². The fourth-order valence-electron chi connectivity index (χ4n) is 4.05. The number of carbonyl (C=O) groups is 5. The molecule has 0 spiro atoms. The normalized spacial score (nSPS) is 19.8. The third-order valence-corrected chi connectivity index (χ3v) is 6.45. The van der Waals surface area contributed by atoms with Crippen molar-refractivity contribution in [2.45, 2.75) is 57.5 Å². The summed E-state index contributed by atoms with van der Waals surface area (Å²) in [5.41, 5.74) is 1.47. The van der Waals surface area contributed by atoms with E-state index in [-0.39, 0.29) is 39.1 Å². The molecule has 1 aliphatic heterocycles. The molecule has 4 unspecified atom stereocenters. The van der Waals surface area contributed by atoms with E-state index in [1.165, 1.54) is 0 Å². The third kappa shape index (κ3) is 11.6. The number of nitrogens with one attached hydrogen (secondary N) is 3. The minimum Gasteiger partial charge on any atom is -0.461 e. The van der Waals surface area contributed by atoms with Crippen molar-refractivity contribution in [2.75, 3.05) is 13.2 Å². The molecule has 43 heavy (non-hydrogen) atoms. The third-order valence-electron chi connectivity index (χ3n) is 6.45. The van der Waals surface area contributed by atoms with Gasteiger partial charge in [-0.15, -0.1) is 0 Å². The lowest BCUT2D eigenvalue weighted by molar-refractivity contribution is -0.156. The van der Waals surface area contributed by atoms with E-state index < -0.39 is 60.5 Å². The minimum absolute atomic E-state index is 0.00444. The van der Waals surface area contributed by atoms with Crippen molar-refractivity contribution in [3.8, 4) is 0 Å². The van der Waals surface area contributed by atoms with Crippen molar-refractivity contribution < 1.29 is 43.3 Å². The second-order valence-electron chi connectivity index (χ2n) is 10.0. The van der Waals surface area contributed by atoms with Gasteiger partial charge in [-0.2, -0.15) is 0 Å². The summed E-state index contributed by atoms with van der Waals surface area (Å²) >= 11 is 0. The average Bonchev–Trinajstić information content (AvgIpc) is 3.01. The molecule has 0 bridgehead atoms. The minimum atomic E-state index is -1.38. The first-order chi connectivity index (χ1) is 20.7. The first-order valence-electron chi connectivity index (χ1n) is 13.9. The van der Waals surface area contributed by atoms with Crippen LogP contribution < -0.4 is 16.0 Å². The zero-order valence-corrected chi connectivity index (χ0v) is 23.9. The van der Waals surface area contributed by atoms with Crippen LogP contribution in [0.4, 0.5) is 4.79 Å². The number of hydrogen-bond donors (Lipinski definition) is 4. The summed E-state index contributed by atoms with van der Waals surface area (Å²) in [6.45, 7) is 0.685. The van der Waals surface area contributed by atoms with E-state index in [2.05, 4.69) is 16.0 Å². The van der Waals surface area contributed by atoms with E-state index >= 15 is 0 Å². The molecule has 12 heteroatoms. The summed E-state index contributed by atoms with van der Waals surface area (Å²) in [5, 5.41) is 16.9. The number of rotatable bonds is 10. The molecule has 0 saturated heterocycles. The summed E-state index contributed by atoms with van der Waals surface area (Å²) in [6.07, 6.45) is 2.23. The standard InChI is InChI=1S/C31H37N3O9/c1-21(17-35)32-27(36)16-24-14-8-9-15-25(34-31(40)43-19-23-12-6-3-7-13-23)29(38)42-20-26(33-28(24)37)30(39)41-18-22-10-4-2-5-11-22/h2-13,21,24-26,35H,14-20H2,1H3,(H,32,36)(H,33,37)(H,34,40). The highest BCUT2D eigenvalue weighted by Gasteiger charge is 2.31. The van der Waals surface area contributed by atoms with Crippen molar-refractivity contribution >= 4 is 29.8 Å². The van der Waals surface area contributed by atoms with Gasteiger partial charge in [0.25, 0.3) is 0 Å². The number of allylic oxidation sites excluding steroid dienone is 1. The van der Waals surface area contributed by atoms with Crippen LogP contribution in [0.1, 0.15) is 37.3 Å². The molecule has 3 rings (SSSR count). The molecular formula is C31H37N3O9. The molecule has 2 aromatic carbocycles. The fourth-order valence-corrected chi connectivity index (χ4v) is 4.05. The average molecular weight is 596 g/mol. The quantitative estimate of drug-likeness (QED) is 0.182. The molecule has 4 N–H and O–H groups in total. The number of amides is 3. The van der Waals surface area contributed by atoms with E-state index in [0.717, 1.165) is 5.56 Å². The lowest BCUT2D eigenvalue weighted by atomic mass is 9.98. The second kappa shape index (κ2) is 17.3. The maximum absolute atomic E-state index is 13.2. The topological polar surface area (TPSA) is 169 Å². The number of ether oxygens (including phenoxy) is 3. The molecule has 0 aromatic heterocycles. The van der Waals surface area contributed by atoms with Gasteiger partial charge in [-0.1, -0.05) is 72.8 Å². The Kier molecular flexibility index (Phi) is 13.2. The fraction of sp³-hybridized carbons (Fsp3) is 0.387. The predicted octanol–water partition coefficient (Wildman–Crippen LogP) is 1.91. The number of alkyl carbamates (subject to hydrolysis) is 1. The van der Waals surface area contributed by atoms with Crippen molar-refractivity contribution in [3.63, 3.8) is 0 Å². The summed E-state index contributed by atoms with van der Waals surface area (Å²) in [6, 6.07) is 14.9. The first kappa shape index (κ1) is 32.8. The van der Waals surface area contributed by atoms with Crippen LogP contribution >= 0.6 is 0 Å².